The summed E-state index contributed by atoms with van der Waals surface area (Å²) in [6, 6.07) is 4.69. The number of hydrogen-bond acceptors (Lipinski definition) is 5. The van der Waals surface area contributed by atoms with E-state index in [0.717, 1.165) is 5.69 Å². The highest BCUT2D eigenvalue weighted by atomic mass is 35.5. The van der Waals surface area contributed by atoms with Crippen molar-refractivity contribution in [2.75, 3.05) is 38.2 Å². The van der Waals surface area contributed by atoms with Gasteiger partial charge < -0.3 is 14.5 Å². The van der Waals surface area contributed by atoms with Crippen molar-refractivity contribution in [2.45, 2.75) is 20.4 Å². The zero-order chi connectivity index (χ0) is 23.0. The molecule has 11 heteroatoms. The van der Waals surface area contributed by atoms with Crippen LogP contribution in [-0.4, -0.2) is 63.7 Å². The Morgan fingerprint density at radius 3 is 2.50 bits per heavy atom. The molecule has 32 heavy (non-hydrogen) atoms. The number of anilines is 1. The van der Waals surface area contributed by atoms with Gasteiger partial charge >= 0.3 is 0 Å². The first-order valence-corrected chi connectivity index (χ1v) is 10.9. The van der Waals surface area contributed by atoms with Gasteiger partial charge in [0.05, 0.1) is 29.2 Å². The Hall–Kier alpha value is -2.78. The largest absolute Gasteiger partial charge is 0.495 e. The first-order chi connectivity index (χ1) is 15.3. The summed E-state index contributed by atoms with van der Waals surface area (Å²) < 4.78 is 22.8. The van der Waals surface area contributed by atoms with Gasteiger partial charge in [-0.15, -0.1) is 0 Å². The summed E-state index contributed by atoms with van der Waals surface area (Å²) in [4.78, 5) is 16.5. The molecule has 170 valence electrons. The number of methoxy groups -OCH3 is 1. The van der Waals surface area contributed by atoms with Crippen molar-refractivity contribution < 1.29 is 13.9 Å². The van der Waals surface area contributed by atoms with Crippen LogP contribution in [0.1, 0.15) is 11.4 Å². The minimum absolute atomic E-state index is 0.0644. The van der Waals surface area contributed by atoms with Crippen LogP contribution in [0, 0.1) is 19.7 Å². The molecule has 3 aromatic rings. The zero-order valence-corrected chi connectivity index (χ0v) is 19.5. The minimum Gasteiger partial charge on any atom is -0.495 e. The number of amides is 1. The number of aromatic nitrogens is 4. The second kappa shape index (κ2) is 8.99. The van der Waals surface area contributed by atoms with Gasteiger partial charge in [0.2, 0.25) is 5.91 Å². The SMILES string of the molecule is COc1cc(N2CCN(C(=O)Cn3nc(-n4ccc(C)n4)c(Cl)c3C)CC2)c(F)cc1Cl. The van der Waals surface area contributed by atoms with Crippen molar-refractivity contribution in [3.63, 3.8) is 0 Å². The van der Waals surface area contributed by atoms with Crippen LogP contribution in [0.25, 0.3) is 5.82 Å². The molecule has 1 aromatic carbocycles. The van der Waals surface area contributed by atoms with E-state index in [1.54, 1.807) is 26.5 Å². The summed E-state index contributed by atoms with van der Waals surface area (Å²) in [7, 11) is 1.49. The summed E-state index contributed by atoms with van der Waals surface area (Å²) in [5.41, 5.74) is 1.95. The van der Waals surface area contributed by atoms with Gasteiger partial charge in [-0.25, -0.2) is 9.07 Å². The van der Waals surface area contributed by atoms with E-state index in [1.807, 2.05) is 24.8 Å². The van der Waals surface area contributed by atoms with Crippen molar-refractivity contribution in [1.29, 1.82) is 0 Å². The summed E-state index contributed by atoms with van der Waals surface area (Å²) >= 11 is 12.4. The topological polar surface area (TPSA) is 68.4 Å². The highest BCUT2D eigenvalue weighted by Crippen LogP contribution is 2.32. The molecule has 1 aliphatic heterocycles. The van der Waals surface area contributed by atoms with Crippen molar-refractivity contribution in [3.8, 4) is 11.6 Å². The van der Waals surface area contributed by atoms with Crippen LogP contribution in [0.4, 0.5) is 10.1 Å². The molecule has 3 heterocycles. The molecular formula is C21H23Cl2FN6O2. The zero-order valence-electron chi connectivity index (χ0n) is 18.0. The van der Waals surface area contributed by atoms with Crippen molar-refractivity contribution in [2.24, 2.45) is 0 Å². The molecule has 0 atom stereocenters. The highest BCUT2D eigenvalue weighted by Gasteiger charge is 2.25. The minimum atomic E-state index is -0.418. The number of carbonyl (C=O) groups is 1. The molecule has 0 spiro atoms. The summed E-state index contributed by atoms with van der Waals surface area (Å²) in [6.07, 6.45) is 1.78. The van der Waals surface area contributed by atoms with Crippen LogP contribution in [0.2, 0.25) is 10.0 Å². The van der Waals surface area contributed by atoms with E-state index < -0.39 is 5.82 Å². The number of aryl methyl sites for hydroxylation is 1. The molecule has 2 aromatic heterocycles. The van der Waals surface area contributed by atoms with E-state index in [-0.39, 0.29) is 17.5 Å². The average Bonchev–Trinajstić information content (AvgIpc) is 3.32. The van der Waals surface area contributed by atoms with Gasteiger partial charge in [0.15, 0.2) is 5.82 Å². The van der Waals surface area contributed by atoms with Gasteiger partial charge in [0.25, 0.3) is 0 Å². The first-order valence-electron chi connectivity index (χ1n) is 10.1. The normalized spacial score (nSPS) is 14.2. The van der Waals surface area contributed by atoms with E-state index in [2.05, 4.69) is 10.2 Å². The smallest absolute Gasteiger partial charge is 0.244 e. The molecule has 4 rings (SSSR count). The lowest BCUT2D eigenvalue weighted by Gasteiger charge is -2.36. The average molecular weight is 481 g/mol. The predicted octanol–water partition coefficient (Wildman–Crippen LogP) is 3.49. The Balaban J connectivity index is 1.43. The molecule has 1 aliphatic rings. The van der Waals surface area contributed by atoms with Gasteiger partial charge in [-0.2, -0.15) is 10.2 Å². The maximum Gasteiger partial charge on any atom is 0.244 e. The molecule has 0 aliphatic carbocycles. The standard InChI is InChI=1S/C21H23Cl2FN6O2/c1-13-4-5-29(25-13)21-20(23)14(2)30(26-21)12-19(31)28-8-6-27(7-9-28)17-11-18(32-3)15(22)10-16(17)24/h4-5,10-11H,6-9,12H2,1-3H3. The monoisotopic (exact) mass is 480 g/mol. The number of ether oxygens (including phenoxy) is 1. The number of nitrogens with zero attached hydrogens (tertiary/aromatic N) is 6. The van der Waals surface area contributed by atoms with Gasteiger partial charge in [0.1, 0.15) is 23.1 Å². The first kappa shape index (κ1) is 22.4. The third-order valence-electron chi connectivity index (χ3n) is 5.54. The fraction of sp³-hybridized carbons (Fsp3) is 0.381. The van der Waals surface area contributed by atoms with Crippen molar-refractivity contribution in [1.82, 2.24) is 24.5 Å². The second-order valence-corrected chi connectivity index (χ2v) is 8.37. The van der Waals surface area contributed by atoms with E-state index >= 15 is 0 Å². The van der Waals surface area contributed by atoms with Crippen LogP contribution >= 0.6 is 23.2 Å². The Bertz CT molecular complexity index is 1150. The van der Waals surface area contributed by atoms with Crippen molar-refractivity contribution in [3.05, 3.63) is 51.6 Å². The van der Waals surface area contributed by atoms with E-state index in [0.29, 0.717) is 54.2 Å². The molecule has 1 saturated heterocycles. The lowest BCUT2D eigenvalue weighted by Crippen LogP contribution is -2.50. The summed E-state index contributed by atoms with van der Waals surface area (Å²) in [5, 5.41) is 9.49. The summed E-state index contributed by atoms with van der Waals surface area (Å²) in [6.45, 7) is 5.66. The fourth-order valence-electron chi connectivity index (χ4n) is 3.68. The second-order valence-electron chi connectivity index (χ2n) is 7.59. The van der Waals surface area contributed by atoms with Crippen molar-refractivity contribution >= 4 is 34.8 Å². The summed E-state index contributed by atoms with van der Waals surface area (Å²) in [5.74, 6) is 0.404. The number of halogens is 3. The third kappa shape index (κ3) is 4.27. The van der Waals surface area contributed by atoms with Crippen LogP contribution in [-0.2, 0) is 11.3 Å². The van der Waals surface area contributed by atoms with Crippen LogP contribution in [0.15, 0.2) is 24.4 Å². The third-order valence-corrected chi connectivity index (χ3v) is 6.27. The predicted molar refractivity (Wildman–Crippen MR) is 121 cm³/mol. The van der Waals surface area contributed by atoms with E-state index in [9.17, 15) is 9.18 Å². The van der Waals surface area contributed by atoms with Crippen LogP contribution in [0.5, 0.6) is 5.75 Å². The number of carbonyl (C=O) groups excluding carboxylic acids is 1. The maximum atomic E-state index is 14.4. The Morgan fingerprint density at radius 2 is 1.88 bits per heavy atom. The molecule has 1 fully saturated rings. The molecule has 0 saturated carbocycles. The fourth-order valence-corrected chi connectivity index (χ4v) is 4.13. The molecule has 0 N–H and O–H groups in total. The van der Waals surface area contributed by atoms with Crippen LogP contribution in [0.3, 0.4) is 0 Å². The van der Waals surface area contributed by atoms with E-state index in [4.69, 9.17) is 27.9 Å². The number of rotatable bonds is 5. The number of piperazine rings is 1. The van der Waals surface area contributed by atoms with E-state index in [1.165, 1.54) is 13.2 Å². The quantitative estimate of drug-likeness (QED) is 0.558. The molecule has 8 nitrogen and oxygen atoms in total. The highest BCUT2D eigenvalue weighted by molar-refractivity contribution is 6.33. The maximum absolute atomic E-state index is 14.4. The number of benzene rings is 1. The molecular weight excluding hydrogens is 458 g/mol. The van der Waals surface area contributed by atoms with Gasteiger partial charge in [-0.1, -0.05) is 23.2 Å². The lowest BCUT2D eigenvalue weighted by molar-refractivity contribution is -0.132. The lowest BCUT2D eigenvalue weighted by atomic mass is 10.2. The number of hydrogen-bond donors (Lipinski definition) is 0. The molecule has 1 amide bonds. The van der Waals surface area contributed by atoms with Gasteiger partial charge in [-0.3, -0.25) is 9.48 Å². The van der Waals surface area contributed by atoms with Crippen LogP contribution < -0.4 is 9.64 Å². The Morgan fingerprint density at radius 1 is 1.16 bits per heavy atom. The van der Waals surface area contributed by atoms with Gasteiger partial charge in [-0.05, 0) is 26.0 Å². The van der Waals surface area contributed by atoms with Gasteiger partial charge in [0, 0.05) is 38.4 Å². The molecule has 0 radical (unpaired) electrons. The Kier molecular flexibility index (Phi) is 6.30. The molecule has 0 unspecified atom stereocenters. The Labute approximate surface area is 195 Å². The molecule has 0 bridgehead atoms.